The Kier molecular flexibility index (Phi) is 5.46. The van der Waals surface area contributed by atoms with Gasteiger partial charge in [0.05, 0.1) is 39.1 Å². The Bertz CT molecular complexity index is 412. The monoisotopic (exact) mass is 292 g/mol. The normalized spacial score (nSPS) is 23.2. The van der Waals surface area contributed by atoms with E-state index in [-0.39, 0.29) is 6.10 Å². The van der Waals surface area contributed by atoms with E-state index >= 15 is 0 Å². The van der Waals surface area contributed by atoms with Gasteiger partial charge in [-0.3, -0.25) is 0 Å². The fraction of sp³-hybridized carbons (Fsp3) is 0.625. The molecule has 5 nitrogen and oxygen atoms in total. The van der Waals surface area contributed by atoms with E-state index in [0.717, 1.165) is 46.0 Å². The van der Waals surface area contributed by atoms with E-state index in [1.165, 1.54) is 11.3 Å². The molecule has 5 heteroatoms. The maximum absolute atomic E-state index is 5.61. The van der Waals surface area contributed by atoms with Crippen LogP contribution in [-0.4, -0.2) is 58.8 Å². The van der Waals surface area contributed by atoms with Crippen molar-refractivity contribution >= 4 is 5.69 Å². The molecule has 2 saturated heterocycles. The standard InChI is InChI=1S/C16H24N2O3/c1-3-15(18-5-7-19-8-6-18)4-2-14(1)11-17-12-16-13-20-9-10-21-16/h1-4,16-17H,5-13H2. The molecule has 0 bridgehead atoms. The quantitative estimate of drug-likeness (QED) is 0.878. The summed E-state index contributed by atoms with van der Waals surface area (Å²) in [6.07, 6.45) is 0.186. The molecule has 0 radical (unpaired) electrons. The van der Waals surface area contributed by atoms with Crippen molar-refractivity contribution < 1.29 is 14.2 Å². The number of benzene rings is 1. The molecule has 0 aliphatic carbocycles. The van der Waals surface area contributed by atoms with Crippen molar-refractivity contribution in [2.45, 2.75) is 12.6 Å². The highest BCUT2D eigenvalue weighted by Gasteiger charge is 2.13. The molecule has 2 fully saturated rings. The highest BCUT2D eigenvalue weighted by Crippen LogP contribution is 2.16. The third kappa shape index (κ3) is 4.41. The Morgan fingerprint density at radius 2 is 1.81 bits per heavy atom. The molecule has 1 aromatic rings. The van der Waals surface area contributed by atoms with Gasteiger partial charge in [0.25, 0.3) is 0 Å². The van der Waals surface area contributed by atoms with Gasteiger partial charge in [0, 0.05) is 31.9 Å². The lowest BCUT2D eigenvalue weighted by atomic mass is 10.2. The van der Waals surface area contributed by atoms with Crippen LogP contribution in [0.15, 0.2) is 24.3 Å². The van der Waals surface area contributed by atoms with Gasteiger partial charge in [0.1, 0.15) is 0 Å². The average molecular weight is 292 g/mol. The zero-order valence-electron chi connectivity index (χ0n) is 12.4. The molecule has 116 valence electrons. The van der Waals surface area contributed by atoms with Crippen molar-refractivity contribution in [1.29, 1.82) is 0 Å². The van der Waals surface area contributed by atoms with Crippen molar-refractivity contribution in [3.05, 3.63) is 29.8 Å². The fourth-order valence-electron chi connectivity index (χ4n) is 2.68. The van der Waals surface area contributed by atoms with Crippen molar-refractivity contribution in [3.8, 4) is 0 Å². The van der Waals surface area contributed by atoms with E-state index in [0.29, 0.717) is 13.2 Å². The predicted octanol–water partition coefficient (Wildman–Crippen LogP) is 1.03. The molecule has 1 atom stereocenters. The number of nitrogens with zero attached hydrogens (tertiary/aromatic N) is 1. The number of hydrogen-bond donors (Lipinski definition) is 1. The van der Waals surface area contributed by atoms with Crippen LogP contribution in [0.25, 0.3) is 0 Å². The molecule has 1 unspecified atom stereocenters. The van der Waals surface area contributed by atoms with Crippen LogP contribution in [-0.2, 0) is 20.8 Å². The minimum Gasteiger partial charge on any atom is -0.378 e. The van der Waals surface area contributed by atoms with Crippen LogP contribution in [0, 0.1) is 0 Å². The number of anilines is 1. The topological polar surface area (TPSA) is 43.0 Å². The van der Waals surface area contributed by atoms with E-state index in [1.54, 1.807) is 0 Å². The molecule has 0 amide bonds. The van der Waals surface area contributed by atoms with Gasteiger partial charge in [0.2, 0.25) is 0 Å². The van der Waals surface area contributed by atoms with E-state index in [1.807, 2.05) is 0 Å². The molecule has 0 aromatic heterocycles. The number of nitrogens with one attached hydrogen (secondary N) is 1. The zero-order chi connectivity index (χ0) is 14.3. The van der Waals surface area contributed by atoms with Crippen molar-refractivity contribution in [3.63, 3.8) is 0 Å². The zero-order valence-corrected chi connectivity index (χ0v) is 12.4. The Morgan fingerprint density at radius 1 is 1.00 bits per heavy atom. The van der Waals surface area contributed by atoms with Crippen LogP contribution in [0.5, 0.6) is 0 Å². The molecule has 1 N–H and O–H groups in total. The van der Waals surface area contributed by atoms with Gasteiger partial charge in [-0.25, -0.2) is 0 Å². The second-order valence-electron chi connectivity index (χ2n) is 5.46. The molecule has 3 rings (SSSR count). The molecule has 2 heterocycles. The summed E-state index contributed by atoms with van der Waals surface area (Å²) in [5.74, 6) is 0. The minimum absolute atomic E-state index is 0.186. The molecule has 0 spiro atoms. The fourth-order valence-corrected chi connectivity index (χ4v) is 2.68. The second kappa shape index (κ2) is 7.75. The van der Waals surface area contributed by atoms with Gasteiger partial charge >= 0.3 is 0 Å². The van der Waals surface area contributed by atoms with E-state index in [9.17, 15) is 0 Å². The first-order valence-electron chi connectivity index (χ1n) is 7.73. The Balaban J connectivity index is 1.43. The first-order chi connectivity index (χ1) is 10.4. The molecular weight excluding hydrogens is 268 g/mol. The van der Waals surface area contributed by atoms with Gasteiger partial charge in [-0.1, -0.05) is 12.1 Å². The van der Waals surface area contributed by atoms with E-state index in [4.69, 9.17) is 14.2 Å². The summed E-state index contributed by atoms with van der Waals surface area (Å²) in [6, 6.07) is 8.77. The smallest absolute Gasteiger partial charge is 0.0933 e. The largest absolute Gasteiger partial charge is 0.378 e. The third-order valence-corrected chi connectivity index (χ3v) is 3.90. The van der Waals surface area contributed by atoms with Crippen LogP contribution < -0.4 is 10.2 Å². The highest BCUT2D eigenvalue weighted by atomic mass is 16.6. The summed E-state index contributed by atoms with van der Waals surface area (Å²) in [6.45, 7) is 7.45. The lowest BCUT2D eigenvalue weighted by Gasteiger charge is -2.29. The first-order valence-corrected chi connectivity index (χ1v) is 7.73. The second-order valence-corrected chi connectivity index (χ2v) is 5.46. The SMILES string of the molecule is c1cc(N2CCOCC2)ccc1CNCC1COCCO1. The van der Waals surface area contributed by atoms with Gasteiger partial charge in [-0.15, -0.1) is 0 Å². The van der Waals surface area contributed by atoms with Gasteiger partial charge < -0.3 is 24.4 Å². The van der Waals surface area contributed by atoms with Gasteiger partial charge in [-0.2, -0.15) is 0 Å². The van der Waals surface area contributed by atoms with E-state index in [2.05, 4.69) is 34.5 Å². The maximum atomic E-state index is 5.61. The summed E-state index contributed by atoms with van der Waals surface area (Å²) < 4.78 is 16.4. The lowest BCUT2D eigenvalue weighted by molar-refractivity contribution is -0.0864. The molecule has 1 aromatic carbocycles. The number of morpholine rings is 1. The van der Waals surface area contributed by atoms with Crippen LogP contribution in [0.2, 0.25) is 0 Å². The molecular formula is C16H24N2O3. The summed E-state index contributed by atoms with van der Waals surface area (Å²) in [5, 5.41) is 3.43. The molecule has 0 saturated carbocycles. The first kappa shape index (κ1) is 14.8. The molecule has 2 aliphatic heterocycles. The van der Waals surface area contributed by atoms with Crippen LogP contribution in [0.1, 0.15) is 5.56 Å². The van der Waals surface area contributed by atoms with Gasteiger partial charge in [0.15, 0.2) is 0 Å². The number of hydrogen-bond acceptors (Lipinski definition) is 5. The molecule has 2 aliphatic rings. The lowest BCUT2D eigenvalue weighted by Crippen LogP contribution is -2.37. The van der Waals surface area contributed by atoms with Crippen LogP contribution in [0.4, 0.5) is 5.69 Å². The maximum Gasteiger partial charge on any atom is 0.0933 e. The van der Waals surface area contributed by atoms with Crippen LogP contribution >= 0.6 is 0 Å². The minimum atomic E-state index is 0.186. The summed E-state index contributed by atoms with van der Waals surface area (Å²) in [5.41, 5.74) is 2.58. The summed E-state index contributed by atoms with van der Waals surface area (Å²) >= 11 is 0. The van der Waals surface area contributed by atoms with E-state index < -0.39 is 0 Å². The number of rotatable bonds is 5. The van der Waals surface area contributed by atoms with Gasteiger partial charge in [-0.05, 0) is 17.7 Å². The average Bonchev–Trinajstić information content (AvgIpc) is 2.57. The summed E-state index contributed by atoms with van der Waals surface area (Å²) in [7, 11) is 0. The Hall–Kier alpha value is -1.14. The Labute approximate surface area is 126 Å². The third-order valence-electron chi connectivity index (χ3n) is 3.90. The molecule has 21 heavy (non-hydrogen) atoms. The van der Waals surface area contributed by atoms with Crippen molar-refractivity contribution in [2.24, 2.45) is 0 Å². The Morgan fingerprint density at radius 3 is 2.52 bits per heavy atom. The highest BCUT2D eigenvalue weighted by molar-refractivity contribution is 5.47. The predicted molar refractivity (Wildman–Crippen MR) is 81.7 cm³/mol. The van der Waals surface area contributed by atoms with Crippen molar-refractivity contribution in [1.82, 2.24) is 5.32 Å². The van der Waals surface area contributed by atoms with Crippen LogP contribution in [0.3, 0.4) is 0 Å². The number of ether oxygens (including phenoxy) is 3. The van der Waals surface area contributed by atoms with Crippen molar-refractivity contribution in [2.75, 3.05) is 57.6 Å². The summed E-state index contributed by atoms with van der Waals surface area (Å²) in [4.78, 5) is 2.37.